The number of carbonyl (C=O) groups excluding carboxylic acids is 1. The van der Waals surface area contributed by atoms with Crippen molar-refractivity contribution in [1.82, 2.24) is 15.3 Å². The molecule has 0 spiro atoms. The zero-order valence-electron chi connectivity index (χ0n) is 17.9. The summed E-state index contributed by atoms with van der Waals surface area (Å²) in [6.45, 7) is 2.51. The van der Waals surface area contributed by atoms with Crippen LogP contribution < -0.4 is 14.8 Å². The molecule has 1 aromatic heterocycles. The van der Waals surface area contributed by atoms with Gasteiger partial charge in [-0.25, -0.2) is 4.98 Å². The van der Waals surface area contributed by atoms with E-state index in [0.717, 1.165) is 11.1 Å². The van der Waals surface area contributed by atoms with Crippen LogP contribution in [0.4, 0.5) is 0 Å². The molecule has 4 aromatic rings. The maximum absolute atomic E-state index is 12.5. The molecule has 0 atom stereocenters. The van der Waals surface area contributed by atoms with Gasteiger partial charge in [-0.15, -0.1) is 0 Å². The van der Waals surface area contributed by atoms with Gasteiger partial charge in [0.25, 0.3) is 5.91 Å². The van der Waals surface area contributed by atoms with Crippen molar-refractivity contribution in [1.29, 1.82) is 0 Å². The van der Waals surface area contributed by atoms with Gasteiger partial charge < -0.3 is 14.8 Å². The van der Waals surface area contributed by atoms with Crippen LogP contribution >= 0.6 is 0 Å². The quantitative estimate of drug-likeness (QED) is 0.441. The van der Waals surface area contributed by atoms with Crippen molar-refractivity contribution in [2.45, 2.75) is 13.5 Å². The van der Waals surface area contributed by atoms with Crippen LogP contribution in [-0.4, -0.2) is 23.0 Å². The minimum atomic E-state index is -0.130. The summed E-state index contributed by atoms with van der Waals surface area (Å²) >= 11 is 0. The number of methoxy groups -OCH3 is 1. The molecule has 6 heteroatoms. The summed E-state index contributed by atoms with van der Waals surface area (Å²) in [6, 6.07) is 24.2. The fourth-order valence-corrected chi connectivity index (χ4v) is 3.20. The van der Waals surface area contributed by atoms with E-state index in [2.05, 4.69) is 21.4 Å². The van der Waals surface area contributed by atoms with Crippen molar-refractivity contribution in [3.05, 3.63) is 102 Å². The van der Waals surface area contributed by atoms with Gasteiger partial charge in [-0.2, -0.15) is 4.98 Å². The number of benzene rings is 3. The molecule has 0 aliphatic heterocycles. The number of carbonyl (C=O) groups is 1. The molecule has 32 heavy (non-hydrogen) atoms. The molecule has 0 unspecified atom stereocenters. The summed E-state index contributed by atoms with van der Waals surface area (Å²) in [5, 5.41) is 2.95. The average Bonchev–Trinajstić information content (AvgIpc) is 2.83. The van der Waals surface area contributed by atoms with Crippen molar-refractivity contribution in [2.24, 2.45) is 0 Å². The topological polar surface area (TPSA) is 73.3 Å². The third-order valence-corrected chi connectivity index (χ3v) is 4.83. The highest BCUT2D eigenvalue weighted by Gasteiger charge is 2.09. The van der Waals surface area contributed by atoms with Crippen molar-refractivity contribution in [2.75, 3.05) is 7.11 Å². The first-order valence-corrected chi connectivity index (χ1v) is 10.2. The van der Waals surface area contributed by atoms with Gasteiger partial charge in [-0.05, 0) is 36.8 Å². The van der Waals surface area contributed by atoms with Crippen LogP contribution in [0.2, 0.25) is 0 Å². The first-order chi connectivity index (χ1) is 15.6. The molecule has 1 heterocycles. The second-order valence-corrected chi connectivity index (χ2v) is 7.25. The van der Waals surface area contributed by atoms with Crippen LogP contribution in [0.15, 0.2) is 85.1 Å². The molecule has 3 aromatic carbocycles. The van der Waals surface area contributed by atoms with Crippen molar-refractivity contribution in [3.63, 3.8) is 0 Å². The van der Waals surface area contributed by atoms with Gasteiger partial charge >= 0.3 is 0 Å². The number of amides is 1. The van der Waals surface area contributed by atoms with Gasteiger partial charge in [0.2, 0.25) is 5.88 Å². The summed E-state index contributed by atoms with van der Waals surface area (Å²) in [4.78, 5) is 21.3. The Kier molecular flexibility index (Phi) is 6.41. The van der Waals surface area contributed by atoms with E-state index in [1.165, 1.54) is 5.56 Å². The predicted octanol–water partition coefficient (Wildman–Crippen LogP) is 5.18. The van der Waals surface area contributed by atoms with Gasteiger partial charge in [-0.3, -0.25) is 4.79 Å². The zero-order valence-corrected chi connectivity index (χ0v) is 17.9. The fraction of sp³-hybridized carbons (Fsp3) is 0.115. The van der Waals surface area contributed by atoms with Crippen LogP contribution in [-0.2, 0) is 6.54 Å². The smallest absolute Gasteiger partial charge is 0.251 e. The Balaban J connectivity index is 1.43. The average molecular weight is 425 g/mol. The molecular formula is C26H23N3O3. The molecule has 1 amide bonds. The molecule has 160 valence electrons. The van der Waals surface area contributed by atoms with E-state index in [1.807, 2.05) is 55.5 Å². The van der Waals surface area contributed by atoms with Crippen LogP contribution in [0.3, 0.4) is 0 Å². The minimum absolute atomic E-state index is 0.130. The van der Waals surface area contributed by atoms with Crippen LogP contribution in [0.5, 0.6) is 17.4 Å². The first kappa shape index (κ1) is 21.1. The number of nitrogens with one attached hydrogen (secondary N) is 1. The summed E-state index contributed by atoms with van der Waals surface area (Å²) in [7, 11) is 1.61. The predicted molar refractivity (Wildman–Crippen MR) is 123 cm³/mol. The molecule has 0 aliphatic carbocycles. The lowest BCUT2D eigenvalue weighted by Gasteiger charge is -2.08. The molecule has 0 fully saturated rings. The molecule has 0 saturated carbocycles. The van der Waals surface area contributed by atoms with Gasteiger partial charge in [0.05, 0.1) is 7.11 Å². The molecular weight excluding hydrogens is 402 g/mol. The van der Waals surface area contributed by atoms with Gasteiger partial charge in [-0.1, -0.05) is 48.0 Å². The molecule has 0 aliphatic rings. The highest BCUT2D eigenvalue weighted by atomic mass is 16.5. The number of nitrogens with zero attached hydrogens (tertiary/aromatic N) is 2. The molecule has 1 N–H and O–H groups in total. The van der Waals surface area contributed by atoms with E-state index < -0.39 is 0 Å². The summed E-state index contributed by atoms with van der Waals surface area (Å²) < 4.78 is 11.1. The molecule has 0 bridgehead atoms. The van der Waals surface area contributed by atoms with Crippen LogP contribution in [0, 0.1) is 6.92 Å². The highest BCUT2D eigenvalue weighted by molar-refractivity contribution is 5.94. The fourth-order valence-electron chi connectivity index (χ4n) is 3.20. The van der Waals surface area contributed by atoms with Crippen molar-refractivity contribution < 1.29 is 14.3 Å². The Bertz CT molecular complexity index is 1220. The maximum Gasteiger partial charge on any atom is 0.251 e. The lowest BCUT2D eigenvalue weighted by atomic mass is 10.1. The number of rotatable bonds is 7. The normalized spacial score (nSPS) is 10.4. The summed E-state index contributed by atoms with van der Waals surface area (Å²) in [6.07, 6.45) is 1.64. The van der Waals surface area contributed by atoms with E-state index in [4.69, 9.17) is 9.47 Å². The van der Waals surface area contributed by atoms with Gasteiger partial charge in [0, 0.05) is 36.0 Å². The summed E-state index contributed by atoms with van der Waals surface area (Å²) in [5.41, 5.74) is 3.59. The van der Waals surface area contributed by atoms with E-state index in [-0.39, 0.29) is 5.91 Å². The number of ether oxygens (including phenoxy) is 2. The van der Waals surface area contributed by atoms with Gasteiger partial charge in [0.15, 0.2) is 5.82 Å². The van der Waals surface area contributed by atoms with Crippen molar-refractivity contribution in [3.8, 4) is 28.8 Å². The standard InChI is InChI=1S/C26H23N3O3/c1-18-5-3-6-19(15-18)17-28-26(30)21-11-9-20(10-12-21)25-27-14-13-24(29-25)32-23-8-4-7-22(16-23)31-2/h3-16H,17H2,1-2H3,(H,28,30). The van der Waals surface area contributed by atoms with Crippen LogP contribution in [0.1, 0.15) is 21.5 Å². The third kappa shape index (κ3) is 5.29. The minimum Gasteiger partial charge on any atom is -0.497 e. The van der Waals surface area contributed by atoms with Crippen molar-refractivity contribution >= 4 is 5.91 Å². The second kappa shape index (κ2) is 9.75. The summed E-state index contributed by atoms with van der Waals surface area (Å²) in [5.74, 6) is 2.12. The molecule has 6 nitrogen and oxygen atoms in total. The largest absolute Gasteiger partial charge is 0.497 e. The maximum atomic E-state index is 12.5. The van der Waals surface area contributed by atoms with E-state index in [9.17, 15) is 4.79 Å². The lowest BCUT2D eigenvalue weighted by Crippen LogP contribution is -2.22. The number of aryl methyl sites for hydroxylation is 1. The molecule has 0 radical (unpaired) electrons. The van der Waals surface area contributed by atoms with E-state index in [0.29, 0.717) is 35.3 Å². The first-order valence-electron chi connectivity index (χ1n) is 10.2. The zero-order chi connectivity index (χ0) is 22.3. The Hall–Kier alpha value is -4.19. The monoisotopic (exact) mass is 425 g/mol. The Morgan fingerprint density at radius 2 is 1.72 bits per heavy atom. The van der Waals surface area contributed by atoms with Gasteiger partial charge in [0.1, 0.15) is 11.5 Å². The highest BCUT2D eigenvalue weighted by Crippen LogP contribution is 2.25. The Morgan fingerprint density at radius 1 is 0.938 bits per heavy atom. The molecule has 0 saturated heterocycles. The lowest BCUT2D eigenvalue weighted by molar-refractivity contribution is 0.0951. The van der Waals surface area contributed by atoms with E-state index >= 15 is 0 Å². The third-order valence-electron chi connectivity index (χ3n) is 4.83. The Morgan fingerprint density at radius 3 is 2.50 bits per heavy atom. The number of hydrogen-bond acceptors (Lipinski definition) is 5. The Labute approximate surface area is 186 Å². The number of aromatic nitrogens is 2. The van der Waals surface area contributed by atoms with Crippen LogP contribution in [0.25, 0.3) is 11.4 Å². The second-order valence-electron chi connectivity index (χ2n) is 7.25. The molecule has 4 rings (SSSR count). The number of hydrogen-bond donors (Lipinski definition) is 1. The SMILES string of the molecule is COc1cccc(Oc2ccnc(-c3ccc(C(=O)NCc4cccc(C)c4)cc3)n2)c1. The van der Waals surface area contributed by atoms with E-state index in [1.54, 1.807) is 37.6 Å².